The third-order valence-corrected chi connectivity index (χ3v) is 3.31. The highest BCUT2D eigenvalue weighted by Gasteiger charge is 2.14. The molecule has 0 atom stereocenters. The zero-order valence-electron chi connectivity index (χ0n) is 12.4. The van der Waals surface area contributed by atoms with E-state index in [1.807, 2.05) is 38.1 Å². The molecule has 0 saturated carbocycles. The van der Waals surface area contributed by atoms with Gasteiger partial charge < -0.3 is 9.84 Å². The summed E-state index contributed by atoms with van der Waals surface area (Å²) >= 11 is 0. The van der Waals surface area contributed by atoms with Crippen molar-refractivity contribution >= 4 is 17.3 Å². The van der Waals surface area contributed by atoms with Crippen molar-refractivity contribution in [1.82, 2.24) is 0 Å². The van der Waals surface area contributed by atoms with Crippen molar-refractivity contribution in [3.05, 3.63) is 70.1 Å². The number of rotatable bonds is 2. The van der Waals surface area contributed by atoms with Crippen LogP contribution in [0, 0.1) is 0 Å². The summed E-state index contributed by atoms with van der Waals surface area (Å²) in [6, 6.07) is 14.4. The van der Waals surface area contributed by atoms with E-state index in [0.29, 0.717) is 16.3 Å². The van der Waals surface area contributed by atoms with Gasteiger partial charge in [0.1, 0.15) is 5.76 Å². The van der Waals surface area contributed by atoms with E-state index in [0.717, 1.165) is 10.8 Å². The first-order valence-electron chi connectivity index (χ1n) is 6.69. The second-order valence-electron chi connectivity index (χ2n) is 4.93. The zero-order valence-corrected chi connectivity index (χ0v) is 12.4. The number of methoxy groups -OCH3 is 1. The number of ether oxygens (including phenoxy) is 1. The van der Waals surface area contributed by atoms with Crippen molar-refractivity contribution in [2.75, 3.05) is 7.11 Å². The van der Waals surface area contributed by atoms with Gasteiger partial charge in [0.15, 0.2) is 0 Å². The van der Waals surface area contributed by atoms with E-state index >= 15 is 0 Å². The Morgan fingerprint density at radius 2 is 1.43 bits per heavy atom. The van der Waals surface area contributed by atoms with Gasteiger partial charge in [-0.3, -0.25) is 0 Å². The molecule has 1 N–H and O–H groups in total. The van der Waals surface area contributed by atoms with Crippen LogP contribution in [0.4, 0.5) is 0 Å². The average Bonchev–Trinajstić information content (AvgIpc) is 2.53. The minimum Gasteiger partial charge on any atom is -0.507 e. The van der Waals surface area contributed by atoms with Gasteiger partial charge in [-0.1, -0.05) is 48.0 Å². The lowest BCUT2D eigenvalue weighted by molar-refractivity contribution is 0.0600. The van der Waals surface area contributed by atoms with E-state index in [1.54, 1.807) is 24.3 Å². The summed E-state index contributed by atoms with van der Waals surface area (Å²) in [7, 11) is 1.33. The summed E-state index contributed by atoms with van der Waals surface area (Å²) in [5.41, 5.74) is 1.91. The molecular formula is C18H18O3. The largest absolute Gasteiger partial charge is 0.507 e. The van der Waals surface area contributed by atoms with Gasteiger partial charge >= 0.3 is 5.97 Å². The monoisotopic (exact) mass is 282 g/mol. The van der Waals surface area contributed by atoms with E-state index in [9.17, 15) is 9.90 Å². The van der Waals surface area contributed by atoms with Gasteiger partial charge in [-0.2, -0.15) is 0 Å². The number of hydrogen-bond acceptors (Lipinski definition) is 3. The second kappa shape index (κ2) is 6.27. The van der Waals surface area contributed by atoms with E-state index < -0.39 is 5.97 Å². The molecule has 2 aromatic carbocycles. The Kier molecular flexibility index (Phi) is 4.43. The molecule has 0 heterocycles. The zero-order chi connectivity index (χ0) is 15.4. The Morgan fingerprint density at radius 1 is 0.905 bits per heavy atom. The van der Waals surface area contributed by atoms with Gasteiger partial charge in [-0.05, 0) is 25.1 Å². The maximum absolute atomic E-state index is 11.8. The Hall–Kier alpha value is -2.55. The Labute approximate surface area is 123 Å². The van der Waals surface area contributed by atoms with Gasteiger partial charge in [0.2, 0.25) is 0 Å². The average molecular weight is 282 g/mol. The summed E-state index contributed by atoms with van der Waals surface area (Å²) in [5.74, 6) is -0.389. The van der Waals surface area contributed by atoms with E-state index in [2.05, 4.69) is 0 Å². The highest BCUT2D eigenvalue weighted by Crippen LogP contribution is 2.15. The summed E-state index contributed by atoms with van der Waals surface area (Å²) < 4.78 is 4.77. The summed E-state index contributed by atoms with van der Waals surface area (Å²) in [6.07, 6.45) is 0. The molecule has 0 amide bonds. The molecule has 0 unspecified atom stereocenters. The number of aliphatic hydroxyl groups excluding tert-OH is 1. The fourth-order valence-electron chi connectivity index (χ4n) is 2.25. The standard InChI is InChI=1S/C18H18O3/c1-12(2)13-8-4-5-9-14(13)17(19)15-10-6-7-11-16(15)18(20)21-3/h4-11,19H,1-3H3/b17-14-. The maximum atomic E-state index is 11.8. The molecule has 2 rings (SSSR count). The molecule has 0 bridgehead atoms. The molecule has 108 valence electrons. The predicted octanol–water partition coefficient (Wildman–Crippen LogP) is 2.38. The molecular weight excluding hydrogens is 264 g/mol. The Morgan fingerprint density at radius 3 is 2.00 bits per heavy atom. The van der Waals surface area contributed by atoms with Gasteiger partial charge in [-0.25, -0.2) is 4.79 Å². The highest BCUT2D eigenvalue weighted by molar-refractivity contribution is 5.94. The fourth-order valence-corrected chi connectivity index (χ4v) is 2.25. The first-order valence-corrected chi connectivity index (χ1v) is 6.69. The lowest BCUT2D eigenvalue weighted by atomic mass is 10.0. The number of carbonyl (C=O) groups excluding carboxylic acids is 1. The van der Waals surface area contributed by atoms with Crippen LogP contribution in [-0.2, 0) is 4.74 Å². The smallest absolute Gasteiger partial charge is 0.338 e. The quantitative estimate of drug-likeness (QED) is 0.860. The van der Waals surface area contributed by atoms with Crippen molar-refractivity contribution in [3.63, 3.8) is 0 Å². The number of benzene rings is 2. The first kappa shape index (κ1) is 14.9. The predicted molar refractivity (Wildman–Crippen MR) is 83.4 cm³/mol. The molecule has 3 heteroatoms. The molecule has 0 saturated heterocycles. The van der Waals surface area contributed by atoms with Crippen molar-refractivity contribution in [3.8, 4) is 0 Å². The molecule has 2 aromatic rings. The van der Waals surface area contributed by atoms with Crippen LogP contribution in [0.25, 0.3) is 11.3 Å². The number of carbonyl (C=O) groups is 1. The Balaban J connectivity index is 2.84. The van der Waals surface area contributed by atoms with Crippen molar-refractivity contribution in [2.45, 2.75) is 13.8 Å². The van der Waals surface area contributed by atoms with Crippen LogP contribution in [0.1, 0.15) is 29.8 Å². The third-order valence-electron chi connectivity index (χ3n) is 3.31. The van der Waals surface area contributed by atoms with E-state index in [-0.39, 0.29) is 5.76 Å². The number of hydrogen-bond donors (Lipinski definition) is 1. The molecule has 0 fully saturated rings. The lowest BCUT2D eigenvalue weighted by Crippen LogP contribution is -2.28. The minimum absolute atomic E-state index is 0.0767. The molecule has 3 nitrogen and oxygen atoms in total. The summed E-state index contributed by atoms with van der Waals surface area (Å²) in [5, 5.41) is 12.3. The highest BCUT2D eigenvalue weighted by atomic mass is 16.5. The van der Waals surface area contributed by atoms with Crippen LogP contribution in [0.15, 0.2) is 48.5 Å². The molecule has 0 radical (unpaired) electrons. The van der Waals surface area contributed by atoms with Crippen LogP contribution in [0.2, 0.25) is 0 Å². The van der Waals surface area contributed by atoms with Crippen LogP contribution in [0.3, 0.4) is 0 Å². The van der Waals surface area contributed by atoms with Crippen LogP contribution < -0.4 is 10.4 Å². The number of esters is 1. The summed E-state index contributed by atoms with van der Waals surface area (Å²) in [4.78, 5) is 11.8. The van der Waals surface area contributed by atoms with Crippen LogP contribution >= 0.6 is 0 Å². The third kappa shape index (κ3) is 2.97. The van der Waals surface area contributed by atoms with Crippen LogP contribution in [0.5, 0.6) is 0 Å². The molecule has 21 heavy (non-hydrogen) atoms. The number of aliphatic hydroxyl groups is 1. The SMILES string of the molecule is COC(=O)c1ccccc1/C(O)=c1\ccccc1=C(C)C. The van der Waals surface area contributed by atoms with Gasteiger partial charge in [-0.15, -0.1) is 0 Å². The van der Waals surface area contributed by atoms with E-state index in [4.69, 9.17) is 4.74 Å². The Bertz CT molecular complexity index is 784. The van der Waals surface area contributed by atoms with Crippen molar-refractivity contribution in [2.24, 2.45) is 0 Å². The summed E-state index contributed by atoms with van der Waals surface area (Å²) in [6.45, 7) is 3.97. The fraction of sp³-hybridized carbons (Fsp3) is 0.167. The molecule has 0 aliphatic heterocycles. The minimum atomic E-state index is -0.466. The maximum Gasteiger partial charge on any atom is 0.338 e. The van der Waals surface area contributed by atoms with Gasteiger partial charge in [0.25, 0.3) is 0 Å². The molecule has 0 spiro atoms. The van der Waals surface area contributed by atoms with E-state index in [1.165, 1.54) is 7.11 Å². The van der Waals surface area contributed by atoms with Gasteiger partial charge in [0, 0.05) is 10.8 Å². The van der Waals surface area contributed by atoms with Crippen LogP contribution in [-0.4, -0.2) is 18.2 Å². The topological polar surface area (TPSA) is 46.5 Å². The molecule has 0 aliphatic carbocycles. The lowest BCUT2D eigenvalue weighted by Gasteiger charge is -2.07. The normalized spacial score (nSPS) is 11.8. The molecule has 0 aliphatic rings. The van der Waals surface area contributed by atoms with Crippen molar-refractivity contribution in [1.29, 1.82) is 0 Å². The second-order valence-corrected chi connectivity index (χ2v) is 4.93. The molecule has 0 aromatic heterocycles. The van der Waals surface area contributed by atoms with Gasteiger partial charge in [0.05, 0.1) is 12.7 Å². The van der Waals surface area contributed by atoms with Crippen molar-refractivity contribution < 1.29 is 14.6 Å². The first-order chi connectivity index (χ1) is 10.1.